The lowest BCUT2D eigenvalue weighted by atomic mass is 9.66. The van der Waals surface area contributed by atoms with E-state index in [1.54, 1.807) is 38.6 Å². The number of amides is 3. The van der Waals surface area contributed by atoms with Gasteiger partial charge in [-0.3, -0.25) is 14.4 Å². The molecule has 3 aliphatic heterocycles. The van der Waals surface area contributed by atoms with E-state index in [2.05, 4.69) is 20.1 Å². The Labute approximate surface area is 300 Å². The molecule has 3 fully saturated rings. The van der Waals surface area contributed by atoms with Crippen LogP contribution in [0, 0.1) is 17.8 Å². The summed E-state index contributed by atoms with van der Waals surface area (Å²) in [4.78, 5) is 50.4. The molecule has 0 aliphatic carbocycles. The molecule has 3 aromatic rings. The molecule has 1 spiro atoms. The summed E-state index contributed by atoms with van der Waals surface area (Å²) in [7, 11) is 0. The van der Waals surface area contributed by atoms with Crippen molar-refractivity contribution in [2.24, 2.45) is 17.8 Å². The number of ether oxygens (including phenoxy) is 1. The van der Waals surface area contributed by atoms with E-state index < -0.39 is 33.4 Å². The summed E-state index contributed by atoms with van der Waals surface area (Å²) >= 11 is 1.64. The number of nitrogens with zero attached hydrogens (tertiary/aromatic N) is 3. The molecule has 264 valence electrons. The number of benzene rings is 3. The lowest BCUT2D eigenvalue weighted by Crippen LogP contribution is -2.58. The molecule has 0 saturated carbocycles. The van der Waals surface area contributed by atoms with Gasteiger partial charge in [-0.2, -0.15) is 0 Å². The Morgan fingerprint density at radius 3 is 2.24 bits per heavy atom. The maximum Gasteiger partial charge on any atom is 0.251 e. The zero-order valence-corrected chi connectivity index (χ0v) is 30.4. The van der Waals surface area contributed by atoms with Crippen molar-refractivity contribution in [3.63, 3.8) is 0 Å². The Kier molecular flexibility index (Phi) is 10.2. The Morgan fingerprint density at radius 2 is 1.62 bits per heavy atom. The highest BCUT2D eigenvalue weighted by Crippen LogP contribution is 2.72. The molecule has 3 heterocycles. The second kappa shape index (κ2) is 14.3. The minimum absolute atomic E-state index is 0.0731. The second-order valence-corrected chi connectivity index (χ2v) is 15.9. The maximum atomic E-state index is 15.3. The first-order valence-corrected chi connectivity index (χ1v) is 18.6. The number of hydrogen-bond donors (Lipinski definition) is 1. The lowest BCUT2D eigenvalue weighted by Gasteiger charge is -2.41. The number of carbonyl (C=O) groups excluding carboxylic acids is 3. The third-order valence-corrected chi connectivity index (χ3v) is 13.2. The highest BCUT2D eigenvalue weighted by atomic mass is 32.2. The third kappa shape index (κ3) is 5.82. The molecular weight excluding hydrogens is 647 g/mol. The number of aliphatic hydroxyl groups is 1. The molecule has 6 rings (SSSR count). The van der Waals surface area contributed by atoms with Gasteiger partial charge in [0.15, 0.2) is 0 Å². The van der Waals surface area contributed by atoms with Crippen LogP contribution >= 0.6 is 11.8 Å². The van der Waals surface area contributed by atoms with E-state index in [9.17, 15) is 9.90 Å². The summed E-state index contributed by atoms with van der Waals surface area (Å²) in [6.07, 6.45) is 5.42. The summed E-state index contributed by atoms with van der Waals surface area (Å²) in [5.74, 6) is -1.36. The van der Waals surface area contributed by atoms with Crippen LogP contribution < -0.4 is 14.5 Å². The Hall–Kier alpha value is -4.08. The molecular formula is C41H49N3O5S. The quantitative estimate of drug-likeness (QED) is 0.185. The minimum Gasteiger partial charge on any atom is -0.494 e. The zero-order valence-electron chi connectivity index (χ0n) is 29.6. The first-order chi connectivity index (χ1) is 24.1. The van der Waals surface area contributed by atoms with Crippen LogP contribution in [0.5, 0.6) is 5.75 Å². The van der Waals surface area contributed by atoms with Gasteiger partial charge >= 0.3 is 0 Å². The number of hydrogen-bond acceptors (Lipinski definition) is 6. The average Bonchev–Trinajstić information content (AvgIpc) is 3.70. The van der Waals surface area contributed by atoms with Gasteiger partial charge in [-0.25, -0.2) is 0 Å². The van der Waals surface area contributed by atoms with Crippen molar-refractivity contribution in [2.75, 3.05) is 36.1 Å². The van der Waals surface area contributed by atoms with Crippen LogP contribution in [-0.4, -0.2) is 75.6 Å². The number of rotatable bonds is 14. The molecule has 9 heteroatoms. The van der Waals surface area contributed by atoms with Gasteiger partial charge < -0.3 is 24.5 Å². The molecule has 50 heavy (non-hydrogen) atoms. The summed E-state index contributed by atoms with van der Waals surface area (Å²) in [5.41, 5.74) is 1.41. The molecule has 1 N–H and O–H groups in total. The summed E-state index contributed by atoms with van der Waals surface area (Å²) in [5, 5.41) is 12.9. The van der Waals surface area contributed by atoms with Crippen LogP contribution in [0.25, 0.3) is 10.8 Å². The van der Waals surface area contributed by atoms with Crippen LogP contribution in [0.2, 0.25) is 0 Å². The molecule has 0 aromatic heterocycles. The van der Waals surface area contributed by atoms with Crippen LogP contribution in [0.1, 0.15) is 47.0 Å². The van der Waals surface area contributed by atoms with Gasteiger partial charge in [0.05, 0.1) is 35.8 Å². The molecule has 8 nitrogen and oxygen atoms in total. The van der Waals surface area contributed by atoms with Gasteiger partial charge in [0, 0.05) is 29.2 Å². The van der Waals surface area contributed by atoms with Crippen molar-refractivity contribution in [3.05, 3.63) is 92.0 Å². The number of likely N-dealkylation sites (tertiary alicyclic amines) is 1. The van der Waals surface area contributed by atoms with E-state index in [0.717, 1.165) is 10.8 Å². The van der Waals surface area contributed by atoms with Crippen LogP contribution in [0.4, 0.5) is 11.4 Å². The standard InChI is InChI=1S/C41H49N3O5S/c1-7-23-42(30-17-19-32(20-18-30)49-10-4)37(46)34-35-38(47)44(33(26-45)27(5)9-3)36(41(35)22-21-40(34,6)50-41)39(48)43(24-8-2)31-16-15-28-13-11-12-14-29(28)25-31/h7-8,11-20,25,27,33-36,45H,1-2,9-10,21-24,26H2,3-6H3/t27-,33-,34+,35-,36?,40-,41?/m0/s1. The van der Waals surface area contributed by atoms with Crippen molar-refractivity contribution in [3.8, 4) is 5.75 Å². The Morgan fingerprint density at radius 1 is 0.980 bits per heavy atom. The Balaban J connectivity index is 1.46. The third-order valence-electron chi connectivity index (χ3n) is 11.2. The highest BCUT2D eigenvalue weighted by molar-refractivity contribution is 8.02. The minimum atomic E-state index is -0.875. The van der Waals surface area contributed by atoms with E-state index in [-0.39, 0.29) is 43.3 Å². The fourth-order valence-corrected chi connectivity index (χ4v) is 11.0. The highest BCUT2D eigenvalue weighted by Gasteiger charge is 2.78. The van der Waals surface area contributed by atoms with Crippen molar-refractivity contribution in [1.82, 2.24) is 4.90 Å². The van der Waals surface area contributed by atoms with E-state index in [1.165, 1.54) is 0 Å². The monoisotopic (exact) mass is 695 g/mol. The Bertz CT molecular complexity index is 1780. The molecule has 2 unspecified atom stereocenters. The van der Waals surface area contributed by atoms with Gasteiger partial charge in [-0.15, -0.1) is 24.9 Å². The molecule has 3 aromatic carbocycles. The molecule has 3 saturated heterocycles. The molecule has 2 bridgehead atoms. The summed E-state index contributed by atoms with van der Waals surface area (Å²) < 4.78 is 4.23. The largest absolute Gasteiger partial charge is 0.494 e. The molecule has 3 amide bonds. The molecule has 0 radical (unpaired) electrons. The SMILES string of the molecule is C=CCN(C(=O)C1N([C@@H](CO)[C@@H](C)CC)C(=O)[C@@H]2[C@H](C(=O)N(CC=C)c3ccc(OCC)cc3)[C@]3(C)CCC12S3)c1ccc2ccccc2c1. The normalized spacial score (nSPS) is 26.4. The maximum absolute atomic E-state index is 15.3. The van der Waals surface area contributed by atoms with Gasteiger partial charge in [-0.05, 0) is 79.8 Å². The number of thioether (sulfide) groups is 1. The van der Waals surface area contributed by atoms with Gasteiger partial charge in [0.25, 0.3) is 5.91 Å². The van der Waals surface area contributed by atoms with Gasteiger partial charge in [-0.1, -0.05) is 62.8 Å². The fourth-order valence-electron chi connectivity index (χ4n) is 8.64. The van der Waals surface area contributed by atoms with Crippen LogP contribution in [0.3, 0.4) is 0 Å². The van der Waals surface area contributed by atoms with Crippen molar-refractivity contribution >= 4 is 51.6 Å². The smallest absolute Gasteiger partial charge is 0.251 e. The molecule has 3 aliphatic rings. The first-order valence-electron chi connectivity index (χ1n) is 17.8. The number of anilines is 2. The number of carbonyl (C=O) groups is 3. The lowest BCUT2D eigenvalue weighted by molar-refractivity contribution is -0.143. The van der Waals surface area contributed by atoms with Crippen LogP contribution in [-0.2, 0) is 14.4 Å². The van der Waals surface area contributed by atoms with Gasteiger partial charge in [0.2, 0.25) is 11.8 Å². The van der Waals surface area contributed by atoms with Crippen LogP contribution in [0.15, 0.2) is 92.0 Å². The van der Waals surface area contributed by atoms with Crippen molar-refractivity contribution in [2.45, 2.75) is 68.5 Å². The number of fused-ring (bicyclic) bond motifs is 2. The van der Waals surface area contributed by atoms with E-state index >= 15 is 9.59 Å². The summed E-state index contributed by atoms with van der Waals surface area (Å²) in [6, 6.07) is 19.9. The van der Waals surface area contributed by atoms with E-state index in [4.69, 9.17) is 4.74 Å². The topological polar surface area (TPSA) is 90.4 Å². The second-order valence-electron chi connectivity index (χ2n) is 14.0. The predicted molar refractivity (Wildman–Crippen MR) is 203 cm³/mol. The molecule has 7 atom stereocenters. The predicted octanol–water partition coefficient (Wildman–Crippen LogP) is 6.87. The van der Waals surface area contributed by atoms with Crippen molar-refractivity contribution in [1.29, 1.82) is 0 Å². The first kappa shape index (κ1) is 35.7. The summed E-state index contributed by atoms with van der Waals surface area (Å²) in [6.45, 7) is 16.7. The average molecular weight is 696 g/mol. The van der Waals surface area contributed by atoms with E-state index in [1.807, 2.05) is 87.5 Å². The number of aliphatic hydroxyl groups excluding tert-OH is 1. The zero-order chi connectivity index (χ0) is 35.8. The van der Waals surface area contributed by atoms with Crippen molar-refractivity contribution < 1.29 is 24.2 Å². The van der Waals surface area contributed by atoms with Gasteiger partial charge in [0.1, 0.15) is 11.8 Å². The fraction of sp³-hybridized carbons (Fsp3) is 0.439. The van der Waals surface area contributed by atoms with E-state index in [0.29, 0.717) is 43.0 Å².